The van der Waals surface area contributed by atoms with Crippen LogP contribution in [0.4, 0.5) is 0 Å². The number of carbonyl (C=O) groups is 1. The van der Waals surface area contributed by atoms with E-state index in [2.05, 4.69) is 12.1 Å². The van der Waals surface area contributed by atoms with E-state index in [9.17, 15) is 4.79 Å². The maximum absolute atomic E-state index is 11.2. The summed E-state index contributed by atoms with van der Waals surface area (Å²) in [7, 11) is 0. The van der Waals surface area contributed by atoms with Gasteiger partial charge in [-0.25, -0.2) is 0 Å². The Morgan fingerprint density at radius 1 is 1.75 bits per heavy atom. The fourth-order valence-corrected chi connectivity index (χ4v) is 1.20. The number of nitrogens with zero attached hydrogens (tertiary/aromatic N) is 2. The van der Waals surface area contributed by atoms with Crippen molar-refractivity contribution < 1.29 is 10.0 Å². The molecule has 0 aromatic rings. The summed E-state index contributed by atoms with van der Waals surface area (Å²) >= 11 is 0. The Bertz CT molecular complexity index is 209. The van der Waals surface area contributed by atoms with E-state index in [1.54, 1.807) is 4.90 Å². The lowest BCUT2D eigenvalue weighted by Gasteiger charge is -2.37. The van der Waals surface area contributed by atoms with Gasteiger partial charge in [-0.15, -0.1) is 0 Å². The van der Waals surface area contributed by atoms with Gasteiger partial charge in [0.25, 0.3) is 0 Å². The maximum atomic E-state index is 11.2. The second kappa shape index (κ2) is 3.42. The van der Waals surface area contributed by atoms with Crippen molar-refractivity contribution in [2.24, 2.45) is 16.8 Å². The van der Waals surface area contributed by atoms with Crippen LogP contribution in [0.15, 0.2) is 5.16 Å². The minimum Gasteiger partial charge on any atom is -0.409 e. The molecule has 0 radical (unpaired) electrons. The van der Waals surface area contributed by atoms with Crippen LogP contribution in [-0.4, -0.2) is 34.9 Å². The van der Waals surface area contributed by atoms with Crippen molar-refractivity contribution in [3.63, 3.8) is 0 Å². The van der Waals surface area contributed by atoms with E-state index in [0.717, 1.165) is 13.1 Å². The van der Waals surface area contributed by atoms with Gasteiger partial charge < -0.3 is 15.8 Å². The Morgan fingerprint density at radius 3 is 2.75 bits per heavy atom. The summed E-state index contributed by atoms with van der Waals surface area (Å²) in [5, 5.41) is 10.9. The van der Waals surface area contributed by atoms with Crippen LogP contribution >= 0.6 is 0 Å². The van der Waals surface area contributed by atoms with E-state index >= 15 is 0 Å². The maximum Gasteiger partial charge on any atom is 0.230 e. The first kappa shape index (κ1) is 8.83. The standard InChI is InChI=1S/C7H13N3O2/c1-5-3-10(4-5)7(11)2-6(8)9-12/h5,12H,2-4H2,1H3,(H2,8,9). The fourth-order valence-electron chi connectivity index (χ4n) is 1.20. The van der Waals surface area contributed by atoms with Crippen LogP contribution in [0.3, 0.4) is 0 Å². The molecule has 1 fully saturated rings. The number of rotatable bonds is 2. The molecule has 0 atom stereocenters. The van der Waals surface area contributed by atoms with Gasteiger partial charge in [0, 0.05) is 13.1 Å². The highest BCUT2D eigenvalue weighted by atomic mass is 16.4. The van der Waals surface area contributed by atoms with E-state index in [-0.39, 0.29) is 18.2 Å². The number of hydrogen-bond donors (Lipinski definition) is 2. The van der Waals surface area contributed by atoms with E-state index in [1.807, 2.05) is 0 Å². The molecule has 68 valence electrons. The lowest BCUT2D eigenvalue weighted by atomic mass is 10.0. The molecular weight excluding hydrogens is 158 g/mol. The zero-order valence-electron chi connectivity index (χ0n) is 7.03. The fraction of sp³-hybridized carbons (Fsp3) is 0.714. The lowest BCUT2D eigenvalue weighted by molar-refractivity contribution is -0.135. The average Bonchev–Trinajstić information content (AvgIpc) is 1.98. The summed E-state index contributed by atoms with van der Waals surface area (Å²) in [6, 6.07) is 0. The van der Waals surface area contributed by atoms with E-state index in [4.69, 9.17) is 10.9 Å². The molecule has 1 saturated heterocycles. The van der Waals surface area contributed by atoms with Crippen molar-refractivity contribution in [1.82, 2.24) is 4.90 Å². The van der Waals surface area contributed by atoms with Crippen molar-refractivity contribution >= 4 is 11.7 Å². The van der Waals surface area contributed by atoms with Crippen LogP contribution in [0.2, 0.25) is 0 Å². The third kappa shape index (κ3) is 1.87. The molecule has 5 nitrogen and oxygen atoms in total. The topological polar surface area (TPSA) is 78.9 Å². The van der Waals surface area contributed by atoms with Gasteiger partial charge in [0.05, 0.1) is 6.42 Å². The van der Waals surface area contributed by atoms with Crippen molar-refractivity contribution in [3.8, 4) is 0 Å². The highest BCUT2D eigenvalue weighted by Gasteiger charge is 2.27. The third-order valence-corrected chi connectivity index (χ3v) is 1.88. The normalized spacial score (nSPS) is 19.1. The molecule has 0 unspecified atom stereocenters. The molecule has 3 N–H and O–H groups in total. The SMILES string of the molecule is CC1CN(C(=O)C/C(N)=N/O)C1. The molecular formula is C7H13N3O2. The molecule has 0 bridgehead atoms. The molecule has 0 aliphatic carbocycles. The molecule has 1 heterocycles. The van der Waals surface area contributed by atoms with Crippen LogP contribution in [0, 0.1) is 5.92 Å². The smallest absolute Gasteiger partial charge is 0.230 e. The predicted molar refractivity (Wildman–Crippen MR) is 43.8 cm³/mol. The number of nitrogens with two attached hydrogens (primary N) is 1. The predicted octanol–water partition coefficient (Wildman–Crippen LogP) is -0.399. The number of carbonyl (C=O) groups excluding carboxylic acids is 1. The van der Waals surface area contributed by atoms with Crippen LogP contribution in [0.5, 0.6) is 0 Å². The third-order valence-electron chi connectivity index (χ3n) is 1.88. The van der Waals surface area contributed by atoms with E-state index in [1.165, 1.54) is 0 Å². The second-order valence-electron chi connectivity index (χ2n) is 3.17. The van der Waals surface area contributed by atoms with Crippen LogP contribution in [-0.2, 0) is 4.79 Å². The molecule has 0 saturated carbocycles. The van der Waals surface area contributed by atoms with Crippen LogP contribution in [0.25, 0.3) is 0 Å². The summed E-state index contributed by atoms with van der Waals surface area (Å²) in [5.41, 5.74) is 5.18. The molecule has 1 rings (SSSR count). The Kier molecular flexibility index (Phi) is 2.52. The molecule has 1 aliphatic heterocycles. The van der Waals surface area contributed by atoms with E-state index in [0.29, 0.717) is 5.92 Å². The lowest BCUT2D eigenvalue weighted by Crippen LogP contribution is -2.49. The molecule has 1 aliphatic rings. The van der Waals surface area contributed by atoms with Crippen LogP contribution in [0.1, 0.15) is 13.3 Å². The van der Waals surface area contributed by atoms with Gasteiger partial charge in [-0.2, -0.15) is 0 Å². The first-order valence-corrected chi connectivity index (χ1v) is 3.87. The van der Waals surface area contributed by atoms with Gasteiger partial charge in [0.2, 0.25) is 5.91 Å². The number of hydrogen-bond acceptors (Lipinski definition) is 3. The largest absolute Gasteiger partial charge is 0.409 e. The molecule has 5 heteroatoms. The van der Waals surface area contributed by atoms with Gasteiger partial charge in [0.15, 0.2) is 0 Å². The van der Waals surface area contributed by atoms with Gasteiger partial charge in [-0.1, -0.05) is 12.1 Å². The molecule has 0 aromatic heterocycles. The quantitative estimate of drug-likeness (QED) is 0.257. The highest BCUT2D eigenvalue weighted by molar-refractivity contribution is 5.98. The van der Waals surface area contributed by atoms with Gasteiger partial charge in [0.1, 0.15) is 5.84 Å². The Morgan fingerprint density at radius 2 is 2.33 bits per heavy atom. The van der Waals surface area contributed by atoms with Crippen molar-refractivity contribution in [1.29, 1.82) is 0 Å². The summed E-state index contributed by atoms with van der Waals surface area (Å²) < 4.78 is 0. The number of oxime groups is 1. The van der Waals surface area contributed by atoms with Crippen molar-refractivity contribution in [3.05, 3.63) is 0 Å². The summed E-state index contributed by atoms with van der Waals surface area (Å²) in [6.07, 6.45) is 0.0171. The van der Waals surface area contributed by atoms with Crippen molar-refractivity contribution in [2.75, 3.05) is 13.1 Å². The van der Waals surface area contributed by atoms with Gasteiger partial charge in [-0.05, 0) is 5.92 Å². The molecule has 0 spiro atoms. The minimum absolute atomic E-state index is 0.0171. The van der Waals surface area contributed by atoms with Crippen LogP contribution < -0.4 is 5.73 Å². The number of amidine groups is 1. The highest BCUT2D eigenvalue weighted by Crippen LogP contribution is 2.14. The second-order valence-corrected chi connectivity index (χ2v) is 3.17. The number of likely N-dealkylation sites (tertiary alicyclic amines) is 1. The first-order valence-electron chi connectivity index (χ1n) is 3.87. The average molecular weight is 171 g/mol. The van der Waals surface area contributed by atoms with Crippen molar-refractivity contribution in [2.45, 2.75) is 13.3 Å². The zero-order valence-corrected chi connectivity index (χ0v) is 7.03. The monoisotopic (exact) mass is 171 g/mol. The van der Waals surface area contributed by atoms with Gasteiger partial charge in [-0.3, -0.25) is 4.79 Å². The Labute approximate surface area is 70.8 Å². The first-order chi connectivity index (χ1) is 5.63. The zero-order chi connectivity index (χ0) is 9.14. The molecule has 0 aromatic carbocycles. The number of amides is 1. The summed E-state index contributed by atoms with van der Waals surface area (Å²) in [5.74, 6) is 0.490. The minimum atomic E-state index is -0.0663. The summed E-state index contributed by atoms with van der Waals surface area (Å²) in [4.78, 5) is 12.9. The molecule has 1 amide bonds. The van der Waals surface area contributed by atoms with E-state index < -0.39 is 0 Å². The van der Waals surface area contributed by atoms with Gasteiger partial charge >= 0.3 is 0 Å². The molecule has 12 heavy (non-hydrogen) atoms. The Balaban J connectivity index is 2.30. The summed E-state index contributed by atoms with van der Waals surface area (Å²) in [6.45, 7) is 3.66. The Hall–Kier alpha value is -1.26.